The third kappa shape index (κ3) is 3.51. The van der Waals surface area contributed by atoms with Gasteiger partial charge in [0.1, 0.15) is 6.10 Å². The second-order valence-electron chi connectivity index (χ2n) is 9.68. The zero-order valence-corrected chi connectivity index (χ0v) is 17.2. The van der Waals surface area contributed by atoms with E-state index in [4.69, 9.17) is 4.74 Å². The van der Waals surface area contributed by atoms with Crippen LogP contribution in [-0.4, -0.2) is 35.5 Å². The molecule has 3 fully saturated rings. The van der Waals surface area contributed by atoms with E-state index in [2.05, 4.69) is 6.92 Å². The Morgan fingerprint density at radius 3 is 2.39 bits per heavy atom. The van der Waals surface area contributed by atoms with E-state index in [1.165, 1.54) is 6.92 Å². The van der Waals surface area contributed by atoms with Crippen molar-refractivity contribution < 1.29 is 28.5 Å². The Hall–Kier alpha value is -1.01. The summed E-state index contributed by atoms with van der Waals surface area (Å²) in [6, 6.07) is 0. The van der Waals surface area contributed by atoms with Crippen LogP contribution in [0.25, 0.3) is 0 Å². The maximum absolute atomic E-state index is 13.5. The van der Waals surface area contributed by atoms with Crippen molar-refractivity contribution >= 4 is 5.97 Å². The highest BCUT2D eigenvalue weighted by Crippen LogP contribution is 2.64. The Balaban J connectivity index is 1.85. The van der Waals surface area contributed by atoms with E-state index < -0.39 is 11.5 Å². The van der Waals surface area contributed by atoms with Crippen LogP contribution < -0.4 is 0 Å². The van der Waals surface area contributed by atoms with Gasteiger partial charge in [0.25, 0.3) is 6.08 Å². The SMILES string of the molecule is CC(=O)O[C@H]1CC[C@](C)(C2CC[C@]3(C)C(=C(F)F)CCC3[C@@H]2CO)[C@@H](CO)C1. The predicted molar refractivity (Wildman–Crippen MR) is 101 cm³/mol. The van der Waals surface area contributed by atoms with Crippen molar-refractivity contribution in [1.82, 2.24) is 0 Å². The molecule has 0 radical (unpaired) electrons. The Bertz CT molecular complexity index is 632. The van der Waals surface area contributed by atoms with Crippen molar-refractivity contribution in [3.63, 3.8) is 0 Å². The zero-order valence-electron chi connectivity index (χ0n) is 17.2. The molecule has 0 aromatic heterocycles. The van der Waals surface area contributed by atoms with Gasteiger partial charge in [-0.1, -0.05) is 13.8 Å². The van der Waals surface area contributed by atoms with Crippen LogP contribution in [0.1, 0.15) is 65.7 Å². The Labute approximate surface area is 166 Å². The topological polar surface area (TPSA) is 66.8 Å². The molecule has 3 aliphatic rings. The normalized spacial score (nSPS) is 43.5. The van der Waals surface area contributed by atoms with Gasteiger partial charge in [-0.3, -0.25) is 4.79 Å². The lowest BCUT2D eigenvalue weighted by molar-refractivity contribution is -0.156. The number of hydrogen-bond donors (Lipinski definition) is 2. The van der Waals surface area contributed by atoms with Crippen LogP contribution in [0.4, 0.5) is 8.78 Å². The molecule has 0 heterocycles. The number of fused-ring (bicyclic) bond motifs is 1. The van der Waals surface area contributed by atoms with Crippen LogP contribution in [0, 0.1) is 34.5 Å². The minimum atomic E-state index is -1.54. The van der Waals surface area contributed by atoms with Gasteiger partial charge in [-0.2, -0.15) is 8.78 Å². The average Bonchev–Trinajstić information content (AvgIpc) is 2.99. The summed E-state index contributed by atoms with van der Waals surface area (Å²) in [5, 5.41) is 20.4. The molecule has 0 aromatic carbocycles. The molecule has 0 saturated heterocycles. The molecule has 0 bridgehead atoms. The van der Waals surface area contributed by atoms with Crippen LogP contribution in [0.5, 0.6) is 0 Å². The van der Waals surface area contributed by atoms with Crippen LogP contribution in [0.2, 0.25) is 0 Å². The summed E-state index contributed by atoms with van der Waals surface area (Å²) >= 11 is 0. The molecule has 160 valence electrons. The summed E-state index contributed by atoms with van der Waals surface area (Å²) in [5.41, 5.74) is -0.430. The fourth-order valence-corrected chi connectivity index (χ4v) is 6.98. The minimum Gasteiger partial charge on any atom is -0.463 e. The molecular formula is C22H34F2O4. The summed E-state index contributed by atoms with van der Waals surface area (Å²) in [4.78, 5) is 11.3. The first-order valence-electron chi connectivity index (χ1n) is 10.6. The first-order valence-corrected chi connectivity index (χ1v) is 10.6. The predicted octanol–water partition coefficient (Wildman–Crippen LogP) is 4.30. The van der Waals surface area contributed by atoms with Gasteiger partial charge in [-0.25, -0.2) is 0 Å². The maximum Gasteiger partial charge on any atom is 0.302 e. The van der Waals surface area contributed by atoms with E-state index in [0.717, 1.165) is 19.3 Å². The number of allylic oxidation sites excluding steroid dienone is 1. The lowest BCUT2D eigenvalue weighted by Gasteiger charge is -2.56. The first kappa shape index (κ1) is 21.7. The fraction of sp³-hybridized carbons (Fsp3) is 0.864. The van der Waals surface area contributed by atoms with Crippen molar-refractivity contribution in [1.29, 1.82) is 0 Å². The Morgan fingerprint density at radius 2 is 1.82 bits per heavy atom. The number of carbonyl (C=O) groups excluding carboxylic acids is 1. The van der Waals surface area contributed by atoms with E-state index in [9.17, 15) is 23.8 Å². The van der Waals surface area contributed by atoms with Gasteiger partial charge in [0, 0.05) is 25.7 Å². The highest BCUT2D eigenvalue weighted by atomic mass is 19.3. The van der Waals surface area contributed by atoms with Gasteiger partial charge in [0.15, 0.2) is 0 Å². The number of rotatable bonds is 4. The van der Waals surface area contributed by atoms with Crippen LogP contribution in [-0.2, 0) is 9.53 Å². The number of hydrogen-bond acceptors (Lipinski definition) is 4. The van der Waals surface area contributed by atoms with E-state index >= 15 is 0 Å². The summed E-state index contributed by atoms with van der Waals surface area (Å²) in [6.45, 7) is 5.53. The molecule has 3 rings (SSSR count). The molecule has 2 N–H and O–H groups in total. The second kappa shape index (κ2) is 8.02. The van der Waals surface area contributed by atoms with Crippen molar-refractivity contribution in [3.8, 4) is 0 Å². The number of aliphatic hydroxyl groups is 2. The number of esters is 1. The molecule has 0 spiro atoms. The number of carbonyl (C=O) groups is 1. The molecule has 6 heteroatoms. The minimum absolute atomic E-state index is 0.00673. The van der Waals surface area contributed by atoms with E-state index in [1.54, 1.807) is 0 Å². The molecule has 28 heavy (non-hydrogen) atoms. The molecule has 7 atom stereocenters. The lowest BCUT2D eigenvalue weighted by atomic mass is 9.49. The largest absolute Gasteiger partial charge is 0.463 e. The second-order valence-corrected chi connectivity index (χ2v) is 9.68. The smallest absolute Gasteiger partial charge is 0.302 e. The summed E-state index contributed by atoms with van der Waals surface area (Å²) < 4.78 is 32.4. The maximum atomic E-state index is 13.5. The van der Waals surface area contributed by atoms with Gasteiger partial charge in [-0.15, -0.1) is 0 Å². The van der Waals surface area contributed by atoms with Gasteiger partial charge >= 0.3 is 5.97 Å². The molecule has 0 aliphatic heterocycles. The molecule has 3 saturated carbocycles. The van der Waals surface area contributed by atoms with E-state index in [-0.39, 0.29) is 59.9 Å². The van der Waals surface area contributed by atoms with Gasteiger partial charge in [0.05, 0.1) is 0 Å². The third-order valence-corrected chi connectivity index (χ3v) is 8.55. The molecule has 3 aliphatic carbocycles. The van der Waals surface area contributed by atoms with Gasteiger partial charge < -0.3 is 14.9 Å². The molecule has 0 aromatic rings. The summed E-state index contributed by atoms with van der Waals surface area (Å²) in [7, 11) is 0. The third-order valence-electron chi connectivity index (χ3n) is 8.55. The highest BCUT2D eigenvalue weighted by molar-refractivity contribution is 5.66. The van der Waals surface area contributed by atoms with Crippen molar-refractivity contribution in [2.45, 2.75) is 71.8 Å². The lowest BCUT2D eigenvalue weighted by Crippen LogP contribution is -2.52. The van der Waals surface area contributed by atoms with Crippen LogP contribution >= 0.6 is 0 Å². The Kier molecular flexibility index (Phi) is 6.21. The first-order chi connectivity index (χ1) is 13.2. The van der Waals surface area contributed by atoms with Crippen molar-refractivity contribution in [2.24, 2.45) is 34.5 Å². The molecule has 2 unspecified atom stereocenters. The summed E-state index contributed by atoms with van der Waals surface area (Å²) in [5.74, 6) is -0.142. The number of ether oxygens (including phenoxy) is 1. The van der Waals surface area contributed by atoms with E-state index in [1.807, 2.05) is 6.92 Å². The van der Waals surface area contributed by atoms with Crippen LogP contribution in [0.3, 0.4) is 0 Å². The van der Waals surface area contributed by atoms with Gasteiger partial charge in [-0.05, 0) is 79.4 Å². The molecule has 4 nitrogen and oxygen atoms in total. The Morgan fingerprint density at radius 1 is 1.11 bits per heavy atom. The number of halogens is 2. The fourth-order valence-electron chi connectivity index (χ4n) is 6.98. The molecular weight excluding hydrogens is 366 g/mol. The quantitative estimate of drug-likeness (QED) is 0.691. The monoisotopic (exact) mass is 400 g/mol. The number of aliphatic hydroxyl groups excluding tert-OH is 2. The zero-order chi connectivity index (χ0) is 20.7. The molecule has 0 amide bonds. The van der Waals surface area contributed by atoms with Crippen LogP contribution in [0.15, 0.2) is 11.7 Å². The standard InChI is InChI=1S/C22H34F2O4/c1-13(27)28-15-6-8-21(2,14(10-15)11-25)18-7-9-22(3)17(16(18)12-26)4-5-19(22)20(23)24/h14-18,25-26H,4-12H2,1-3H3/t14-,15+,16+,17?,18?,21+,22+/m1/s1. The van der Waals surface area contributed by atoms with Gasteiger partial charge in [0.2, 0.25) is 0 Å². The van der Waals surface area contributed by atoms with E-state index in [0.29, 0.717) is 25.7 Å². The average molecular weight is 401 g/mol. The summed E-state index contributed by atoms with van der Waals surface area (Å²) in [6.07, 6.45) is 3.05. The highest BCUT2D eigenvalue weighted by Gasteiger charge is 2.57. The van der Waals surface area contributed by atoms with Crippen molar-refractivity contribution in [2.75, 3.05) is 13.2 Å². The van der Waals surface area contributed by atoms with Crippen molar-refractivity contribution in [3.05, 3.63) is 11.7 Å².